The van der Waals surface area contributed by atoms with Crippen LogP contribution < -0.4 is 11.1 Å². The summed E-state index contributed by atoms with van der Waals surface area (Å²) < 4.78 is 14.5. The Hall–Kier alpha value is -2.19. The van der Waals surface area contributed by atoms with Crippen LogP contribution >= 0.6 is 0 Å². The van der Waals surface area contributed by atoms with E-state index < -0.39 is 5.67 Å². The second kappa shape index (κ2) is 15.1. The number of benzene rings is 1. The van der Waals surface area contributed by atoms with E-state index in [0.717, 1.165) is 58.4 Å². The van der Waals surface area contributed by atoms with E-state index in [4.69, 9.17) is 10.7 Å². The summed E-state index contributed by atoms with van der Waals surface area (Å²) in [7, 11) is 0. The highest BCUT2D eigenvalue weighted by atomic mass is 19.1. The van der Waals surface area contributed by atoms with Crippen LogP contribution in [0.25, 0.3) is 0 Å². The van der Waals surface area contributed by atoms with Crippen molar-refractivity contribution in [3.8, 4) is 0 Å². The molecule has 2 aliphatic heterocycles. The third-order valence-corrected chi connectivity index (χ3v) is 11.6. The zero-order chi connectivity index (χ0) is 31.2. The number of aryl methyl sites for hydroxylation is 1. The Bertz CT molecular complexity index is 1230. The molecule has 2 bridgehead atoms. The first kappa shape index (κ1) is 32.7. The van der Waals surface area contributed by atoms with Crippen LogP contribution in [-0.2, 0) is 11.2 Å². The number of hydrogen-bond donors (Lipinski definition) is 2. The Kier molecular flexibility index (Phi) is 11.0. The second-order valence-electron chi connectivity index (χ2n) is 14.8. The lowest BCUT2D eigenvalue weighted by molar-refractivity contribution is -0.125. The molecule has 246 valence electrons. The first-order valence-corrected chi connectivity index (χ1v) is 18.1. The number of unbranched alkanes of at least 4 members (excludes halogenated alkanes) is 1. The van der Waals surface area contributed by atoms with Gasteiger partial charge in [-0.15, -0.1) is 0 Å². The number of fused-ring (bicyclic) bond motifs is 3. The summed E-state index contributed by atoms with van der Waals surface area (Å²) in [5, 5.41) is 3.98. The largest absolute Gasteiger partial charge is 0.330 e. The predicted molar refractivity (Wildman–Crippen MR) is 180 cm³/mol. The number of rotatable bonds is 14. The van der Waals surface area contributed by atoms with E-state index in [1.807, 2.05) is 6.20 Å². The van der Waals surface area contributed by atoms with Crippen molar-refractivity contribution in [1.29, 1.82) is 0 Å². The lowest BCUT2D eigenvalue weighted by Gasteiger charge is -2.45. The molecule has 1 saturated carbocycles. The highest BCUT2D eigenvalue weighted by molar-refractivity contribution is 5.82. The Balaban J connectivity index is 1.13. The highest BCUT2D eigenvalue weighted by Gasteiger charge is 2.43. The molecule has 0 spiro atoms. The van der Waals surface area contributed by atoms with Crippen molar-refractivity contribution in [1.82, 2.24) is 20.1 Å². The number of piperazine rings is 1. The number of nitrogens with zero attached hydrogens (tertiary/aromatic N) is 3. The van der Waals surface area contributed by atoms with E-state index in [9.17, 15) is 9.18 Å². The van der Waals surface area contributed by atoms with Gasteiger partial charge in [-0.3, -0.25) is 19.6 Å². The minimum atomic E-state index is -1.11. The van der Waals surface area contributed by atoms with Gasteiger partial charge in [0.05, 0.1) is 11.7 Å². The molecule has 3 fully saturated rings. The van der Waals surface area contributed by atoms with Gasteiger partial charge in [-0.25, -0.2) is 4.39 Å². The summed E-state index contributed by atoms with van der Waals surface area (Å²) >= 11 is 0. The van der Waals surface area contributed by atoms with Crippen molar-refractivity contribution in [3.63, 3.8) is 0 Å². The molecule has 3 heterocycles. The van der Waals surface area contributed by atoms with E-state index in [1.54, 1.807) is 6.92 Å². The van der Waals surface area contributed by atoms with E-state index in [1.165, 1.54) is 42.5 Å². The number of aromatic nitrogens is 1. The molecule has 4 aliphatic rings. The van der Waals surface area contributed by atoms with Gasteiger partial charge < -0.3 is 11.1 Å². The van der Waals surface area contributed by atoms with Gasteiger partial charge in [0.15, 0.2) is 0 Å². The maximum Gasteiger partial charge on any atom is 0.136 e. The van der Waals surface area contributed by atoms with E-state index in [0.29, 0.717) is 62.1 Å². The number of carbonyl (C=O) groups excluding carboxylic acids is 1. The van der Waals surface area contributed by atoms with Gasteiger partial charge >= 0.3 is 0 Å². The molecule has 1 unspecified atom stereocenters. The third kappa shape index (κ3) is 8.04. The minimum Gasteiger partial charge on any atom is -0.330 e. The van der Waals surface area contributed by atoms with Crippen molar-refractivity contribution in [2.45, 2.75) is 126 Å². The van der Waals surface area contributed by atoms with Crippen molar-refractivity contribution in [2.75, 3.05) is 32.7 Å². The molecule has 6 nitrogen and oxygen atoms in total. The SMILES string of the molecule is CC1(F)CCC(C(=O)C[C@H](CCN2[C@H]3CC[C@@H]2[C@@H](CN(CCCCN)C2CCCc4cccnc42)NC3)c2ccccc2)CC1. The van der Waals surface area contributed by atoms with Crippen LogP contribution in [0.2, 0.25) is 0 Å². The number of ketones is 1. The molecule has 5 atom stereocenters. The first-order valence-electron chi connectivity index (χ1n) is 18.1. The molecular weight excluding hydrogens is 561 g/mol. The number of Topliss-reactive ketones (excluding diaryl/α,β-unsaturated/α-hetero) is 1. The summed E-state index contributed by atoms with van der Waals surface area (Å²) in [6, 6.07) is 16.9. The quantitative estimate of drug-likeness (QED) is 0.241. The summed E-state index contributed by atoms with van der Waals surface area (Å²) in [5.74, 6) is 0.571. The van der Waals surface area contributed by atoms with E-state index >= 15 is 0 Å². The average molecular weight is 618 g/mol. The zero-order valence-corrected chi connectivity index (χ0v) is 27.5. The molecule has 0 amide bonds. The molecular formula is C38H56FN5O. The Morgan fingerprint density at radius 2 is 1.93 bits per heavy atom. The lowest BCUT2D eigenvalue weighted by Crippen LogP contribution is -2.61. The summed E-state index contributed by atoms with van der Waals surface area (Å²) in [6.07, 6.45) is 14.1. The number of nitrogens with one attached hydrogen (secondary N) is 1. The van der Waals surface area contributed by atoms with Crippen LogP contribution in [0.15, 0.2) is 48.7 Å². The molecule has 6 rings (SSSR count). The normalized spacial score (nSPS) is 30.7. The number of carbonyl (C=O) groups is 1. The van der Waals surface area contributed by atoms with Crippen LogP contribution in [0.1, 0.15) is 113 Å². The van der Waals surface area contributed by atoms with Gasteiger partial charge in [0.2, 0.25) is 0 Å². The number of pyridine rings is 1. The Labute approximate surface area is 270 Å². The standard InChI is InChI=1S/C38H56FN5O/c1-38(39)19-16-29(17-20-38)36(45)25-31(28-9-3-2-4-10-28)18-24-44-32-14-15-34(44)33(42-26-32)27-43(23-6-5-21-40)35-13-7-11-30-12-8-22-41-37(30)35/h2-4,8-10,12,22,29,31-35,42H,5-7,11,13-21,23-27,40H2,1H3/t29?,31-,32-,33+,34+,35?,38?/m0/s1. The van der Waals surface area contributed by atoms with Gasteiger partial charge in [-0.1, -0.05) is 36.4 Å². The molecule has 0 radical (unpaired) electrons. The van der Waals surface area contributed by atoms with Crippen molar-refractivity contribution in [3.05, 3.63) is 65.5 Å². The predicted octanol–water partition coefficient (Wildman–Crippen LogP) is 6.36. The second-order valence-corrected chi connectivity index (χ2v) is 14.8. The lowest BCUT2D eigenvalue weighted by atomic mass is 9.76. The van der Waals surface area contributed by atoms with Gasteiger partial charge in [0, 0.05) is 49.8 Å². The Morgan fingerprint density at radius 1 is 1.11 bits per heavy atom. The summed E-state index contributed by atoms with van der Waals surface area (Å²) in [5.41, 5.74) is 8.79. The molecule has 45 heavy (non-hydrogen) atoms. The molecule has 2 aromatic rings. The van der Waals surface area contributed by atoms with Crippen LogP contribution in [0.5, 0.6) is 0 Å². The van der Waals surface area contributed by atoms with Crippen LogP contribution in [0.4, 0.5) is 4.39 Å². The van der Waals surface area contributed by atoms with Crippen molar-refractivity contribution in [2.24, 2.45) is 11.7 Å². The fraction of sp³-hybridized carbons (Fsp3) is 0.684. The smallest absolute Gasteiger partial charge is 0.136 e. The van der Waals surface area contributed by atoms with Crippen molar-refractivity contribution < 1.29 is 9.18 Å². The highest BCUT2D eigenvalue weighted by Crippen LogP contribution is 2.39. The molecule has 1 aromatic heterocycles. The topological polar surface area (TPSA) is 74.5 Å². The van der Waals surface area contributed by atoms with Gasteiger partial charge in [0.25, 0.3) is 0 Å². The maximum absolute atomic E-state index is 14.5. The number of halogens is 1. The summed E-state index contributed by atoms with van der Waals surface area (Å²) in [6.45, 7) is 6.60. The van der Waals surface area contributed by atoms with Crippen LogP contribution in [0.3, 0.4) is 0 Å². The fourth-order valence-electron chi connectivity index (χ4n) is 8.97. The monoisotopic (exact) mass is 617 g/mol. The summed E-state index contributed by atoms with van der Waals surface area (Å²) in [4.78, 5) is 24.0. The number of hydrogen-bond acceptors (Lipinski definition) is 6. The Morgan fingerprint density at radius 3 is 2.73 bits per heavy atom. The molecule has 3 N–H and O–H groups in total. The minimum absolute atomic E-state index is 0.0180. The number of alkyl halides is 1. The van der Waals surface area contributed by atoms with Crippen LogP contribution in [-0.4, -0.2) is 77.1 Å². The van der Waals surface area contributed by atoms with Crippen LogP contribution in [0, 0.1) is 5.92 Å². The van der Waals surface area contributed by atoms with Gasteiger partial charge in [0.1, 0.15) is 11.5 Å². The van der Waals surface area contributed by atoms with E-state index in [-0.39, 0.29) is 11.8 Å². The zero-order valence-electron chi connectivity index (χ0n) is 27.5. The molecule has 2 saturated heterocycles. The first-order chi connectivity index (χ1) is 21.9. The third-order valence-electron chi connectivity index (χ3n) is 11.6. The van der Waals surface area contributed by atoms with Gasteiger partial charge in [-0.05, 0) is 127 Å². The average Bonchev–Trinajstić information content (AvgIpc) is 3.35. The number of nitrogens with two attached hydrogens (primary N) is 1. The molecule has 2 aliphatic carbocycles. The molecule has 7 heteroatoms. The van der Waals surface area contributed by atoms with Crippen molar-refractivity contribution >= 4 is 5.78 Å². The van der Waals surface area contributed by atoms with Gasteiger partial charge in [-0.2, -0.15) is 0 Å². The fourth-order valence-corrected chi connectivity index (χ4v) is 8.97. The van der Waals surface area contributed by atoms with E-state index in [2.05, 4.69) is 57.6 Å². The maximum atomic E-state index is 14.5. The molecule has 1 aromatic carbocycles.